The van der Waals surface area contributed by atoms with E-state index in [9.17, 15) is 0 Å². The summed E-state index contributed by atoms with van der Waals surface area (Å²) in [5.41, 5.74) is 6.85. The van der Waals surface area contributed by atoms with Gasteiger partial charge in [-0.3, -0.25) is 0 Å². The molecule has 124 valence electrons. The van der Waals surface area contributed by atoms with Crippen molar-refractivity contribution in [2.24, 2.45) is 5.41 Å². The summed E-state index contributed by atoms with van der Waals surface area (Å²) >= 11 is 0. The fourth-order valence-corrected chi connectivity index (χ4v) is 5.16. The third-order valence-electron chi connectivity index (χ3n) is 6.69. The highest BCUT2D eigenvalue weighted by molar-refractivity contribution is 5.72. The highest BCUT2D eigenvalue weighted by Crippen LogP contribution is 2.57. The first kappa shape index (κ1) is 14.7. The molecule has 0 aromatic heterocycles. The molecule has 1 N–H and O–H groups in total. The molecule has 0 atom stereocenters. The molecule has 3 fully saturated rings. The molecule has 2 saturated carbocycles. The van der Waals surface area contributed by atoms with Crippen LogP contribution in [0.2, 0.25) is 0 Å². The van der Waals surface area contributed by atoms with Gasteiger partial charge in [-0.25, -0.2) is 0 Å². The number of piperidine rings is 1. The van der Waals surface area contributed by atoms with Gasteiger partial charge in [0.05, 0.1) is 0 Å². The van der Waals surface area contributed by atoms with Crippen molar-refractivity contribution in [1.82, 2.24) is 5.32 Å². The lowest BCUT2D eigenvalue weighted by molar-refractivity contribution is 0.0606. The average molecular weight is 317 g/mol. The second kappa shape index (κ2) is 5.74. The van der Waals surface area contributed by atoms with Crippen LogP contribution in [0.1, 0.15) is 61.5 Å². The molecule has 0 unspecified atom stereocenters. The lowest BCUT2D eigenvalue weighted by Crippen LogP contribution is -2.44. The van der Waals surface area contributed by atoms with E-state index in [0.29, 0.717) is 5.41 Å². The summed E-state index contributed by atoms with van der Waals surface area (Å²) in [4.78, 5) is 0. The highest BCUT2D eigenvalue weighted by atomic mass is 14.9. The molecular weight excluding hydrogens is 290 g/mol. The first-order chi connectivity index (χ1) is 11.8. The number of rotatable bonds is 3. The van der Waals surface area contributed by atoms with Crippen LogP contribution >= 0.6 is 0 Å². The summed E-state index contributed by atoms with van der Waals surface area (Å²) in [6.07, 6.45) is 8.31. The maximum absolute atomic E-state index is 3.53. The van der Waals surface area contributed by atoms with Crippen molar-refractivity contribution < 1.29 is 0 Å². The van der Waals surface area contributed by atoms with E-state index in [1.165, 1.54) is 62.7 Å². The molecule has 1 spiro atoms. The van der Waals surface area contributed by atoms with E-state index in [1.54, 1.807) is 11.1 Å². The zero-order valence-corrected chi connectivity index (χ0v) is 14.4. The summed E-state index contributed by atoms with van der Waals surface area (Å²) in [6.45, 7) is 2.44. The lowest BCUT2D eigenvalue weighted by atomic mass is 9.55. The molecule has 2 aliphatic carbocycles. The molecule has 1 heteroatoms. The molecule has 2 aromatic rings. The molecule has 24 heavy (non-hydrogen) atoms. The van der Waals surface area contributed by atoms with Crippen molar-refractivity contribution in [2.75, 3.05) is 13.1 Å². The van der Waals surface area contributed by atoms with Gasteiger partial charge in [0.2, 0.25) is 0 Å². The Morgan fingerprint density at radius 2 is 1.25 bits per heavy atom. The van der Waals surface area contributed by atoms with Gasteiger partial charge in [0, 0.05) is 0 Å². The first-order valence-corrected chi connectivity index (χ1v) is 9.74. The predicted molar refractivity (Wildman–Crippen MR) is 100 cm³/mol. The van der Waals surface area contributed by atoms with Crippen molar-refractivity contribution >= 4 is 0 Å². The van der Waals surface area contributed by atoms with Gasteiger partial charge in [0.1, 0.15) is 0 Å². The number of hydrogen-bond acceptors (Lipinski definition) is 1. The minimum Gasteiger partial charge on any atom is -0.317 e. The van der Waals surface area contributed by atoms with E-state index in [4.69, 9.17) is 0 Å². The molecule has 3 aliphatic rings. The number of hydrogen-bond donors (Lipinski definition) is 1. The summed E-state index contributed by atoms with van der Waals surface area (Å²) in [6, 6.07) is 18.4. The maximum Gasteiger partial charge on any atom is -0.00436 e. The third kappa shape index (κ3) is 2.50. The summed E-state index contributed by atoms with van der Waals surface area (Å²) in [5.74, 6) is 1.58. The Labute approximate surface area is 145 Å². The largest absolute Gasteiger partial charge is 0.317 e. The van der Waals surface area contributed by atoms with Gasteiger partial charge >= 0.3 is 0 Å². The average Bonchev–Trinajstić information content (AvgIpc) is 3.45. The van der Waals surface area contributed by atoms with Crippen molar-refractivity contribution in [3.8, 4) is 11.1 Å². The monoisotopic (exact) mass is 317 g/mol. The normalized spacial score (nSPS) is 23.2. The first-order valence-electron chi connectivity index (χ1n) is 9.74. The molecule has 1 heterocycles. The number of nitrogens with one attached hydrogen (secondary N) is 1. The van der Waals surface area contributed by atoms with Crippen LogP contribution in [0.4, 0.5) is 0 Å². The maximum atomic E-state index is 3.53. The molecule has 1 aliphatic heterocycles. The lowest BCUT2D eigenvalue weighted by Gasteiger charge is -2.51. The van der Waals surface area contributed by atoms with Crippen LogP contribution < -0.4 is 5.32 Å². The quantitative estimate of drug-likeness (QED) is 0.790. The van der Waals surface area contributed by atoms with Crippen LogP contribution in [0, 0.1) is 5.41 Å². The van der Waals surface area contributed by atoms with E-state index in [1.807, 2.05) is 0 Å². The van der Waals surface area contributed by atoms with Crippen molar-refractivity contribution in [2.45, 2.75) is 50.4 Å². The van der Waals surface area contributed by atoms with Crippen molar-refractivity contribution in [3.05, 3.63) is 59.7 Å². The predicted octanol–water partition coefficient (Wildman–Crippen LogP) is 5.48. The fourth-order valence-electron chi connectivity index (χ4n) is 5.16. The van der Waals surface area contributed by atoms with Crippen LogP contribution in [-0.2, 0) is 0 Å². The molecule has 0 amide bonds. The molecule has 1 nitrogen and oxygen atoms in total. The van der Waals surface area contributed by atoms with Gasteiger partial charge in [-0.2, -0.15) is 0 Å². The molecule has 0 bridgehead atoms. The minimum absolute atomic E-state index is 0.652. The van der Waals surface area contributed by atoms with Gasteiger partial charge in [-0.15, -0.1) is 0 Å². The van der Waals surface area contributed by atoms with Gasteiger partial charge in [0.15, 0.2) is 0 Å². The van der Waals surface area contributed by atoms with Crippen LogP contribution in [-0.4, -0.2) is 13.1 Å². The second-order valence-electron chi connectivity index (χ2n) is 8.30. The Bertz CT molecular complexity index is 729. The van der Waals surface area contributed by atoms with Crippen LogP contribution in [0.3, 0.4) is 0 Å². The summed E-state index contributed by atoms with van der Waals surface area (Å²) < 4.78 is 0. The zero-order chi connectivity index (χ0) is 16.0. The minimum atomic E-state index is 0.652. The Morgan fingerprint density at radius 3 is 1.83 bits per heavy atom. The third-order valence-corrected chi connectivity index (χ3v) is 6.69. The SMILES string of the molecule is c1ccc(C2CC2)c(-c2ccccc2C2CC3(CCNCC3)C2)c1. The van der Waals surface area contributed by atoms with E-state index < -0.39 is 0 Å². The number of benzene rings is 2. The topological polar surface area (TPSA) is 12.0 Å². The Hall–Kier alpha value is -1.60. The zero-order valence-electron chi connectivity index (χ0n) is 14.4. The van der Waals surface area contributed by atoms with Gasteiger partial charge < -0.3 is 5.32 Å². The van der Waals surface area contributed by atoms with E-state index in [0.717, 1.165) is 11.8 Å². The van der Waals surface area contributed by atoms with Crippen molar-refractivity contribution in [3.63, 3.8) is 0 Å². The second-order valence-corrected chi connectivity index (χ2v) is 8.30. The molecule has 5 rings (SSSR count). The van der Waals surface area contributed by atoms with E-state index >= 15 is 0 Å². The van der Waals surface area contributed by atoms with Gasteiger partial charge in [-0.05, 0) is 91.1 Å². The van der Waals surface area contributed by atoms with Crippen molar-refractivity contribution in [1.29, 1.82) is 0 Å². The summed E-state index contributed by atoms with van der Waals surface area (Å²) in [7, 11) is 0. The van der Waals surface area contributed by atoms with Gasteiger partial charge in [0.25, 0.3) is 0 Å². The molecule has 1 saturated heterocycles. The molecule has 2 aromatic carbocycles. The molecular formula is C23H27N. The Kier molecular flexibility index (Phi) is 3.52. The smallest absolute Gasteiger partial charge is 0.00436 e. The Balaban J connectivity index is 1.47. The van der Waals surface area contributed by atoms with Crippen LogP contribution in [0.25, 0.3) is 11.1 Å². The highest BCUT2D eigenvalue weighted by Gasteiger charge is 2.45. The van der Waals surface area contributed by atoms with Gasteiger partial charge in [-0.1, -0.05) is 48.5 Å². The molecule has 0 radical (unpaired) electrons. The van der Waals surface area contributed by atoms with Crippen LogP contribution in [0.5, 0.6) is 0 Å². The van der Waals surface area contributed by atoms with Crippen LogP contribution in [0.15, 0.2) is 48.5 Å². The van der Waals surface area contributed by atoms with E-state index in [2.05, 4.69) is 53.8 Å². The Morgan fingerprint density at radius 1 is 0.708 bits per heavy atom. The van der Waals surface area contributed by atoms with E-state index in [-0.39, 0.29) is 0 Å². The summed E-state index contributed by atoms with van der Waals surface area (Å²) in [5, 5.41) is 3.53. The standard InChI is InChI=1S/C23H27N/c1-3-7-21(19(5-1)17-9-10-17)22-8-4-2-6-20(22)18-15-23(16-18)11-13-24-14-12-23/h1-8,17-18,24H,9-16H2. The fraction of sp³-hybridized carbons (Fsp3) is 0.478.